The molecule has 0 aliphatic carbocycles. The molecule has 0 saturated heterocycles. The molecule has 31 heavy (non-hydrogen) atoms. The Bertz CT molecular complexity index is 1190. The van der Waals surface area contributed by atoms with Gasteiger partial charge in [-0.15, -0.1) is 0 Å². The summed E-state index contributed by atoms with van der Waals surface area (Å²) < 4.78 is 6.54. The lowest BCUT2D eigenvalue weighted by atomic mass is 10.1. The first-order chi connectivity index (χ1) is 14.9. The van der Waals surface area contributed by atoms with Gasteiger partial charge in [-0.25, -0.2) is 0 Å². The van der Waals surface area contributed by atoms with Crippen molar-refractivity contribution in [1.82, 2.24) is 0 Å². The lowest BCUT2D eigenvalue weighted by Gasteiger charge is -2.09. The summed E-state index contributed by atoms with van der Waals surface area (Å²) >= 11 is 15.5. The molecule has 0 unspecified atom stereocenters. The van der Waals surface area contributed by atoms with Crippen molar-refractivity contribution < 1.29 is 9.53 Å². The van der Waals surface area contributed by atoms with Crippen molar-refractivity contribution in [1.29, 1.82) is 5.26 Å². The van der Waals surface area contributed by atoms with E-state index in [1.807, 2.05) is 37.3 Å². The van der Waals surface area contributed by atoms with Gasteiger partial charge in [-0.2, -0.15) is 5.26 Å². The van der Waals surface area contributed by atoms with Crippen LogP contribution in [-0.2, 0) is 11.4 Å². The van der Waals surface area contributed by atoms with E-state index >= 15 is 0 Å². The van der Waals surface area contributed by atoms with Gasteiger partial charge >= 0.3 is 0 Å². The molecule has 1 N–H and O–H groups in total. The predicted molar refractivity (Wildman–Crippen MR) is 128 cm³/mol. The molecule has 0 aliphatic rings. The number of anilines is 1. The number of ether oxygens (including phenoxy) is 1. The average molecular weight is 516 g/mol. The Morgan fingerprint density at radius 2 is 1.87 bits per heavy atom. The van der Waals surface area contributed by atoms with Crippen molar-refractivity contribution in [2.24, 2.45) is 0 Å². The molecule has 0 aromatic heterocycles. The highest BCUT2D eigenvalue weighted by molar-refractivity contribution is 9.10. The molecule has 0 fully saturated rings. The van der Waals surface area contributed by atoms with E-state index in [-0.39, 0.29) is 5.57 Å². The summed E-state index contributed by atoms with van der Waals surface area (Å²) in [6.07, 6.45) is 1.51. The van der Waals surface area contributed by atoms with E-state index in [2.05, 4.69) is 21.2 Å². The Balaban J connectivity index is 1.70. The van der Waals surface area contributed by atoms with Crippen LogP contribution in [-0.4, -0.2) is 5.91 Å². The fourth-order valence-corrected chi connectivity index (χ4v) is 3.47. The number of amides is 1. The number of rotatable bonds is 6. The van der Waals surface area contributed by atoms with Gasteiger partial charge in [-0.1, -0.05) is 47.5 Å². The fourth-order valence-electron chi connectivity index (χ4n) is 2.65. The summed E-state index contributed by atoms with van der Waals surface area (Å²) in [5.74, 6) is 0.131. The number of nitrogens with zero attached hydrogens (tertiary/aromatic N) is 1. The summed E-state index contributed by atoms with van der Waals surface area (Å²) in [6, 6.07) is 19.9. The van der Waals surface area contributed by atoms with Crippen LogP contribution in [0.5, 0.6) is 5.75 Å². The first-order valence-corrected chi connectivity index (χ1v) is 10.8. The van der Waals surface area contributed by atoms with Crippen LogP contribution in [0.15, 0.2) is 70.7 Å². The zero-order chi connectivity index (χ0) is 22.4. The summed E-state index contributed by atoms with van der Waals surface area (Å²) in [5, 5.41) is 13.3. The van der Waals surface area contributed by atoms with Crippen LogP contribution in [0.3, 0.4) is 0 Å². The summed E-state index contributed by atoms with van der Waals surface area (Å²) in [5.41, 5.74) is 3.06. The van der Waals surface area contributed by atoms with Gasteiger partial charge in [0.05, 0.1) is 4.47 Å². The molecular weight excluding hydrogens is 499 g/mol. The first kappa shape index (κ1) is 22.9. The highest BCUT2D eigenvalue weighted by Crippen LogP contribution is 2.28. The Morgan fingerprint density at radius 3 is 2.52 bits per heavy atom. The third-order valence-electron chi connectivity index (χ3n) is 4.37. The lowest BCUT2D eigenvalue weighted by molar-refractivity contribution is -0.112. The highest BCUT2D eigenvalue weighted by Gasteiger charge is 2.11. The average Bonchev–Trinajstić information content (AvgIpc) is 2.75. The minimum Gasteiger partial charge on any atom is -0.488 e. The van der Waals surface area contributed by atoms with Crippen LogP contribution in [0.4, 0.5) is 5.69 Å². The molecule has 0 aliphatic heterocycles. The van der Waals surface area contributed by atoms with Gasteiger partial charge in [0.25, 0.3) is 5.91 Å². The largest absolute Gasteiger partial charge is 0.488 e. The van der Waals surface area contributed by atoms with E-state index in [1.54, 1.807) is 36.4 Å². The van der Waals surface area contributed by atoms with Crippen LogP contribution in [0.25, 0.3) is 6.08 Å². The monoisotopic (exact) mass is 514 g/mol. The van der Waals surface area contributed by atoms with Gasteiger partial charge in [0.1, 0.15) is 24.0 Å². The van der Waals surface area contributed by atoms with Gasteiger partial charge in [-0.3, -0.25) is 4.79 Å². The van der Waals surface area contributed by atoms with Crippen LogP contribution in [0.2, 0.25) is 10.0 Å². The number of nitrogens with one attached hydrogen (secondary N) is 1. The van der Waals surface area contributed by atoms with Gasteiger partial charge in [-0.05, 0) is 82.0 Å². The van der Waals surface area contributed by atoms with E-state index < -0.39 is 5.91 Å². The number of aryl methyl sites for hydroxylation is 1. The molecular formula is C24H17BrCl2N2O2. The molecule has 0 heterocycles. The molecule has 1 amide bonds. The normalized spacial score (nSPS) is 11.0. The SMILES string of the molecule is Cc1ccc(NC(=O)/C(C#N)=C\c2ccc(OCc3ccc(Cl)cc3)c(Br)c2)cc1Cl. The first-order valence-electron chi connectivity index (χ1n) is 9.22. The van der Waals surface area contributed by atoms with Crippen molar-refractivity contribution in [3.05, 3.63) is 97.4 Å². The molecule has 0 radical (unpaired) electrons. The predicted octanol–water partition coefficient (Wildman–Crippen LogP) is 7.19. The molecule has 0 atom stereocenters. The summed E-state index contributed by atoms with van der Waals surface area (Å²) in [4.78, 5) is 12.5. The Hall–Kier alpha value is -2.78. The minimum absolute atomic E-state index is 0.0292. The summed E-state index contributed by atoms with van der Waals surface area (Å²) in [6.45, 7) is 2.26. The Kier molecular flexibility index (Phi) is 7.75. The molecule has 3 aromatic rings. The maximum Gasteiger partial charge on any atom is 0.266 e. The molecule has 0 bridgehead atoms. The third kappa shape index (κ3) is 6.35. The number of hydrogen-bond donors (Lipinski definition) is 1. The van der Waals surface area contributed by atoms with Crippen LogP contribution in [0.1, 0.15) is 16.7 Å². The van der Waals surface area contributed by atoms with E-state index in [1.165, 1.54) is 6.08 Å². The number of halogens is 3. The Morgan fingerprint density at radius 1 is 1.13 bits per heavy atom. The number of carbonyl (C=O) groups is 1. The smallest absolute Gasteiger partial charge is 0.266 e. The molecule has 0 saturated carbocycles. The zero-order valence-corrected chi connectivity index (χ0v) is 19.6. The molecule has 4 nitrogen and oxygen atoms in total. The number of nitriles is 1. The van der Waals surface area contributed by atoms with Gasteiger partial charge in [0, 0.05) is 15.7 Å². The van der Waals surface area contributed by atoms with Crippen molar-refractivity contribution in [3.8, 4) is 11.8 Å². The van der Waals surface area contributed by atoms with Gasteiger partial charge in [0.2, 0.25) is 0 Å². The molecule has 7 heteroatoms. The van der Waals surface area contributed by atoms with Crippen LogP contribution < -0.4 is 10.1 Å². The molecule has 3 rings (SSSR count). The molecule has 3 aromatic carbocycles. The zero-order valence-electron chi connectivity index (χ0n) is 16.5. The van der Waals surface area contributed by atoms with E-state index in [4.69, 9.17) is 27.9 Å². The van der Waals surface area contributed by atoms with E-state index in [0.717, 1.165) is 11.1 Å². The lowest BCUT2D eigenvalue weighted by Crippen LogP contribution is -2.13. The quantitative estimate of drug-likeness (QED) is 0.279. The minimum atomic E-state index is -0.512. The Labute approximate surface area is 199 Å². The van der Waals surface area contributed by atoms with Crippen molar-refractivity contribution in [2.75, 3.05) is 5.32 Å². The molecule has 156 valence electrons. The standard InChI is InChI=1S/C24H17BrCl2N2O2/c1-15-2-8-20(12-22(15)27)29-24(30)18(13-28)10-17-5-9-23(21(25)11-17)31-14-16-3-6-19(26)7-4-16/h2-12H,14H2,1H3,(H,29,30)/b18-10-. The van der Waals surface area contributed by atoms with Crippen molar-refractivity contribution >= 4 is 56.8 Å². The number of hydrogen-bond acceptors (Lipinski definition) is 3. The second-order valence-corrected chi connectivity index (χ2v) is 8.39. The van der Waals surface area contributed by atoms with E-state index in [0.29, 0.717) is 38.1 Å². The van der Waals surface area contributed by atoms with Gasteiger partial charge in [0.15, 0.2) is 0 Å². The topological polar surface area (TPSA) is 62.1 Å². The number of carbonyl (C=O) groups excluding carboxylic acids is 1. The van der Waals surface area contributed by atoms with Crippen LogP contribution >= 0.6 is 39.1 Å². The second kappa shape index (κ2) is 10.5. The summed E-state index contributed by atoms with van der Waals surface area (Å²) in [7, 11) is 0. The maximum absolute atomic E-state index is 12.5. The van der Waals surface area contributed by atoms with E-state index in [9.17, 15) is 10.1 Å². The fraction of sp³-hybridized carbons (Fsp3) is 0.0833. The van der Waals surface area contributed by atoms with Gasteiger partial charge < -0.3 is 10.1 Å². The molecule has 0 spiro atoms. The second-order valence-electron chi connectivity index (χ2n) is 6.69. The third-order valence-corrected chi connectivity index (χ3v) is 5.65. The maximum atomic E-state index is 12.5. The highest BCUT2D eigenvalue weighted by atomic mass is 79.9. The van der Waals surface area contributed by atoms with Crippen molar-refractivity contribution in [3.63, 3.8) is 0 Å². The van der Waals surface area contributed by atoms with Crippen LogP contribution in [0, 0.1) is 18.3 Å². The van der Waals surface area contributed by atoms with Crippen molar-refractivity contribution in [2.45, 2.75) is 13.5 Å². The number of benzene rings is 3.